The van der Waals surface area contributed by atoms with Crippen molar-refractivity contribution in [2.24, 2.45) is 52.2 Å². The third-order valence-corrected chi connectivity index (χ3v) is 18.2. The van der Waals surface area contributed by atoms with Crippen LogP contribution >= 0.6 is 0 Å². The largest absolute Gasteiger partial charge is 0.497 e. The van der Waals surface area contributed by atoms with Gasteiger partial charge in [0.2, 0.25) is 17.7 Å². The van der Waals surface area contributed by atoms with Crippen LogP contribution in [0.2, 0.25) is 0 Å². The van der Waals surface area contributed by atoms with E-state index in [1.165, 1.54) is 0 Å². The number of benzene rings is 6. The normalized spacial score (nSPS) is 13.8. The van der Waals surface area contributed by atoms with Gasteiger partial charge in [-0.15, -0.1) is 0 Å². The molecule has 94 heavy (non-hydrogen) atoms. The number of hydrogen-bond donors (Lipinski definition) is 12. The first-order valence-corrected chi connectivity index (χ1v) is 31.9. The molecule has 9 aromatic rings. The van der Waals surface area contributed by atoms with Gasteiger partial charge < -0.3 is 79.5 Å². The molecule has 3 unspecified atom stereocenters. The molecule has 0 saturated heterocycles. The molecule has 21 nitrogen and oxygen atoms in total. The van der Waals surface area contributed by atoms with Crippen LogP contribution in [-0.2, 0) is 48.0 Å². The number of aromatic amines is 3. The molecular weight excluding hydrogens is 1190 g/mol. The third-order valence-electron chi connectivity index (χ3n) is 18.2. The van der Waals surface area contributed by atoms with E-state index < -0.39 is 59.5 Å². The Hall–Kier alpha value is -9.48. The summed E-state index contributed by atoms with van der Waals surface area (Å²) in [6.07, 6.45) is 2.54. The number of methoxy groups -OCH3 is 3. The van der Waals surface area contributed by atoms with Crippen LogP contribution in [0.5, 0.6) is 17.2 Å². The summed E-state index contributed by atoms with van der Waals surface area (Å²) in [6.45, 7) is 6.65. The van der Waals surface area contributed by atoms with Crippen LogP contribution in [0.25, 0.3) is 32.7 Å². The average Bonchev–Trinajstić information content (AvgIpc) is 1.53. The zero-order valence-corrected chi connectivity index (χ0v) is 54.3. The number of aryl methyl sites for hydroxylation is 3. The molecule has 9 rings (SSSR count). The fourth-order valence-corrected chi connectivity index (χ4v) is 12.8. The zero-order chi connectivity index (χ0) is 67.3. The minimum atomic E-state index is -1.19. The van der Waals surface area contributed by atoms with E-state index >= 15 is 0 Å². The van der Waals surface area contributed by atoms with Crippen molar-refractivity contribution in [2.75, 3.05) is 56.9 Å². The van der Waals surface area contributed by atoms with Gasteiger partial charge in [0.15, 0.2) is 0 Å². The van der Waals surface area contributed by atoms with Crippen LogP contribution in [0.3, 0.4) is 0 Å². The number of ether oxygens (including phenoxy) is 3. The number of nitrogens with one attached hydrogen (secondary N) is 6. The monoisotopic (exact) mass is 1280 g/mol. The molecule has 0 radical (unpaired) electrons. The van der Waals surface area contributed by atoms with Gasteiger partial charge in [-0.3, -0.25) is 28.8 Å². The third kappa shape index (κ3) is 15.9. The number of carbonyl (C=O) groups excluding carboxylic acids is 6. The predicted octanol–water partition coefficient (Wildman–Crippen LogP) is 8.56. The minimum Gasteiger partial charge on any atom is -0.497 e. The van der Waals surface area contributed by atoms with Gasteiger partial charge in [0.1, 0.15) is 34.6 Å². The number of ketones is 3. The van der Waals surface area contributed by atoms with Gasteiger partial charge in [-0.2, -0.15) is 0 Å². The second-order valence-corrected chi connectivity index (χ2v) is 24.3. The van der Waals surface area contributed by atoms with Crippen molar-refractivity contribution in [3.05, 3.63) is 178 Å². The summed E-state index contributed by atoms with van der Waals surface area (Å²) in [4.78, 5) is 94.9. The molecule has 0 aliphatic carbocycles. The van der Waals surface area contributed by atoms with Crippen LogP contribution in [0.4, 0.5) is 17.1 Å². The summed E-state index contributed by atoms with van der Waals surface area (Å²) in [5, 5.41) is 11.4. The maximum Gasteiger partial charge on any atom is 0.242 e. The Morgan fingerprint density at radius 2 is 0.649 bits per heavy atom. The van der Waals surface area contributed by atoms with Gasteiger partial charge in [-0.25, -0.2) is 0 Å². The lowest BCUT2D eigenvalue weighted by molar-refractivity contribution is -0.128. The Labute approximate surface area is 547 Å². The summed E-state index contributed by atoms with van der Waals surface area (Å²) in [6, 6.07) is 35.1. The lowest BCUT2D eigenvalue weighted by Crippen LogP contribution is -2.45. The van der Waals surface area contributed by atoms with E-state index in [2.05, 4.69) is 30.9 Å². The number of anilines is 3. The SMILES string of the molecule is COc1ccc2[nH]c(C)c(CC(=O)C(CCCN)[C@H](N)C(=O)Nc3ccc(C(c4ccc(NC(=O)[C@@H](N)C(CCCN)C(=O)Cc5c(C)[nH]c6ccc(OC)cc56)cc4)c4ccc(NC(=O)[C@@H](N)C(CCCN)C(=O)Cc5c(C)[nH]c6ccc(OC)cc56)cc4)cc3)c2c1. The molecular formula is C73H88N12O9. The number of H-pyrrole nitrogens is 3. The number of nitrogens with two attached hydrogens (primary N) is 6. The van der Waals surface area contributed by atoms with Crippen LogP contribution in [0, 0.1) is 38.5 Å². The highest BCUT2D eigenvalue weighted by Crippen LogP contribution is 2.36. The van der Waals surface area contributed by atoms with E-state index in [0.717, 1.165) is 83.2 Å². The Morgan fingerprint density at radius 1 is 0.394 bits per heavy atom. The van der Waals surface area contributed by atoms with E-state index in [1.54, 1.807) is 57.7 Å². The molecule has 6 atom stereocenters. The Kier molecular flexibility index (Phi) is 23.0. The quantitative estimate of drug-likeness (QED) is 0.0171. The number of carbonyl (C=O) groups is 6. The molecule has 0 bridgehead atoms. The highest BCUT2D eigenvalue weighted by atomic mass is 16.5. The fourth-order valence-electron chi connectivity index (χ4n) is 12.8. The molecule has 3 aromatic heterocycles. The highest BCUT2D eigenvalue weighted by Gasteiger charge is 2.35. The first kappa shape index (κ1) is 68.9. The van der Waals surface area contributed by atoms with Crippen molar-refractivity contribution in [1.29, 1.82) is 0 Å². The first-order chi connectivity index (χ1) is 45.3. The van der Waals surface area contributed by atoms with E-state index in [-0.39, 0.29) is 36.6 Å². The van der Waals surface area contributed by atoms with Crippen molar-refractivity contribution in [1.82, 2.24) is 15.0 Å². The molecule has 0 spiro atoms. The van der Waals surface area contributed by atoms with Gasteiger partial charge >= 0.3 is 0 Å². The van der Waals surface area contributed by atoms with Gasteiger partial charge in [-0.1, -0.05) is 36.4 Å². The van der Waals surface area contributed by atoms with Gasteiger partial charge in [0.05, 0.1) is 39.5 Å². The number of Topliss-reactive ketones (excluding diaryl/α,β-unsaturated/α-hetero) is 3. The number of amides is 3. The fraction of sp³-hybridized carbons (Fsp3) is 0.342. The van der Waals surface area contributed by atoms with E-state index in [4.69, 9.17) is 48.6 Å². The van der Waals surface area contributed by atoms with Crippen LogP contribution in [-0.4, -0.2) is 109 Å². The molecule has 0 aliphatic heterocycles. The van der Waals surface area contributed by atoms with Crippen molar-refractivity contribution < 1.29 is 43.0 Å². The first-order valence-electron chi connectivity index (χ1n) is 31.9. The molecule has 0 fully saturated rings. The van der Waals surface area contributed by atoms with Gasteiger partial charge in [0.25, 0.3) is 0 Å². The predicted molar refractivity (Wildman–Crippen MR) is 370 cm³/mol. The molecule has 3 heterocycles. The lowest BCUT2D eigenvalue weighted by atomic mass is 9.84. The molecule has 0 saturated carbocycles. The molecule has 18 N–H and O–H groups in total. The van der Waals surface area contributed by atoms with Crippen LogP contribution < -0.4 is 64.6 Å². The summed E-state index contributed by atoms with van der Waals surface area (Å²) in [5.74, 6) is -3.15. The minimum absolute atomic E-state index is 0.0496. The van der Waals surface area contributed by atoms with E-state index in [9.17, 15) is 28.8 Å². The Morgan fingerprint density at radius 3 is 0.883 bits per heavy atom. The van der Waals surface area contributed by atoms with Gasteiger partial charge in [0, 0.05) is 110 Å². The van der Waals surface area contributed by atoms with Crippen LogP contribution in [0.1, 0.15) is 94.9 Å². The van der Waals surface area contributed by atoms with Crippen molar-refractivity contribution >= 4 is 84.8 Å². The standard InChI is InChI=1S/C73H88N12O9/c1-40-55(58-34-49(92-4)25-28-61(58)80-40)37-64(86)52(10-7-31-74)68(77)71(89)83-46-19-13-43(14-20-46)67(44-15-21-47(22-16-44)84-72(90)69(78)53(11-8-32-75)65(87)38-56-41(2)81-62-29-26-50(93-5)35-59(56)62)45-17-23-48(24-18-45)85-73(91)70(79)54(12-9-33-76)66(88)39-57-42(3)82-63-30-27-51(94-6)36-60(57)63/h13-30,34-36,52-54,67-70,80-82H,7-12,31-33,37-39,74-79H2,1-6H3,(H,83,89)(H,84,90)(H,85,91)/t52?,53?,54?,67?,68-,69-,70-/m0/s1. The number of fused-ring (bicyclic) bond motifs is 3. The summed E-state index contributed by atoms with van der Waals surface area (Å²) < 4.78 is 16.4. The van der Waals surface area contributed by atoms with Crippen LogP contribution in [0.15, 0.2) is 127 Å². The smallest absolute Gasteiger partial charge is 0.242 e. The Balaban J connectivity index is 0.948. The van der Waals surface area contributed by atoms with E-state index in [1.807, 2.05) is 112 Å². The number of rotatable bonds is 33. The van der Waals surface area contributed by atoms with E-state index in [0.29, 0.717) is 92.5 Å². The Bertz CT molecular complexity index is 3730. The number of aromatic nitrogens is 3. The zero-order valence-electron chi connectivity index (χ0n) is 54.3. The molecule has 494 valence electrons. The summed E-state index contributed by atoms with van der Waals surface area (Å²) in [7, 11) is 4.75. The number of hydrogen-bond acceptors (Lipinski definition) is 15. The second kappa shape index (κ2) is 31.4. The average molecular weight is 1280 g/mol. The summed E-state index contributed by atoms with van der Waals surface area (Å²) >= 11 is 0. The topological polar surface area (TPSA) is 370 Å². The molecule has 3 amide bonds. The highest BCUT2D eigenvalue weighted by molar-refractivity contribution is 6.03. The maximum absolute atomic E-state index is 14.2. The van der Waals surface area contributed by atoms with Crippen molar-refractivity contribution in [2.45, 2.75) is 103 Å². The molecule has 6 aromatic carbocycles. The second-order valence-electron chi connectivity index (χ2n) is 24.3. The molecule has 21 heteroatoms. The lowest BCUT2D eigenvalue weighted by Gasteiger charge is -2.24. The maximum atomic E-state index is 14.2. The van der Waals surface area contributed by atoms with Crippen molar-refractivity contribution in [3.8, 4) is 17.2 Å². The van der Waals surface area contributed by atoms with Gasteiger partial charge in [-0.05, 0) is 203 Å². The van der Waals surface area contributed by atoms with Crippen molar-refractivity contribution in [3.63, 3.8) is 0 Å². The summed E-state index contributed by atoms with van der Waals surface area (Å²) in [5.41, 5.74) is 49.2. The molecule has 0 aliphatic rings.